The number of rotatable bonds is 2. The van der Waals surface area contributed by atoms with E-state index >= 15 is 0 Å². The Balaban J connectivity index is 2.02. The number of furan rings is 1. The highest BCUT2D eigenvalue weighted by Gasteiger charge is 2.14. The average Bonchev–Trinajstić information content (AvgIpc) is 2.82. The van der Waals surface area contributed by atoms with Gasteiger partial charge in [0.1, 0.15) is 11.6 Å². The van der Waals surface area contributed by atoms with E-state index in [1.165, 1.54) is 18.4 Å². The molecule has 0 saturated heterocycles. The van der Waals surface area contributed by atoms with Crippen LogP contribution in [0.1, 0.15) is 26.5 Å². The molecule has 0 radical (unpaired) electrons. The van der Waals surface area contributed by atoms with E-state index in [-0.39, 0.29) is 5.56 Å². The quantitative estimate of drug-likeness (QED) is 0.825. The highest BCUT2D eigenvalue weighted by Crippen LogP contribution is 2.17. The molecule has 0 spiro atoms. The van der Waals surface area contributed by atoms with Crippen molar-refractivity contribution in [1.29, 1.82) is 0 Å². The zero-order valence-corrected chi connectivity index (χ0v) is 12.0. The van der Waals surface area contributed by atoms with E-state index in [4.69, 9.17) is 4.42 Å². The lowest BCUT2D eigenvalue weighted by Crippen LogP contribution is -2.41. The van der Waals surface area contributed by atoms with Gasteiger partial charge in [0, 0.05) is 4.47 Å². The number of hydrogen-bond acceptors (Lipinski definition) is 3. The Kier molecular flexibility index (Phi) is 4.19. The summed E-state index contributed by atoms with van der Waals surface area (Å²) < 4.78 is 18.2. The summed E-state index contributed by atoms with van der Waals surface area (Å²) in [5.74, 6) is -1.08. The normalized spacial score (nSPS) is 10.2. The number of aryl methyl sites for hydroxylation is 1. The number of hydrogen-bond donors (Lipinski definition) is 2. The number of nitrogens with one attached hydrogen (secondary N) is 2. The molecule has 0 unspecified atom stereocenters. The maximum Gasteiger partial charge on any atom is 0.273 e. The molecule has 2 N–H and O–H groups in total. The van der Waals surface area contributed by atoms with Gasteiger partial charge in [-0.15, -0.1) is 0 Å². The van der Waals surface area contributed by atoms with Crippen LogP contribution in [-0.4, -0.2) is 11.8 Å². The van der Waals surface area contributed by atoms with Gasteiger partial charge in [-0.05, 0) is 47.1 Å². The molecule has 2 amide bonds. The second-order valence-corrected chi connectivity index (χ2v) is 4.78. The van der Waals surface area contributed by atoms with Crippen molar-refractivity contribution >= 4 is 27.7 Å². The monoisotopic (exact) mass is 340 g/mol. The number of halogens is 2. The van der Waals surface area contributed by atoms with Gasteiger partial charge >= 0.3 is 0 Å². The molecule has 0 atom stereocenters. The van der Waals surface area contributed by atoms with Crippen molar-refractivity contribution in [3.05, 3.63) is 57.7 Å². The highest BCUT2D eigenvalue weighted by molar-refractivity contribution is 9.10. The third-order valence-electron chi connectivity index (χ3n) is 2.57. The Hall–Kier alpha value is -2.15. The van der Waals surface area contributed by atoms with Gasteiger partial charge in [-0.1, -0.05) is 0 Å². The van der Waals surface area contributed by atoms with Crippen molar-refractivity contribution in [1.82, 2.24) is 10.9 Å². The van der Waals surface area contributed by atoms with Crippen LogP contribution in [0.4, 0.5) is 4.39 Å². The summed E-state index contributed by atoms with van der Waals surface area (Å²) >= 11 is 3.08. The lowest BCUT2D eigenvalue weighted by molar-refractivity contribution is 0.0845. The molecule has 1 aromatic heterocycles. The Morgan fingerprint density at radius 1 is 1.15 bits per heavy atom. The highest BCUT2D eigenvalue weighted by atomic mass is 79.9. The molecule has 5 nitrogen and oxygen atoms in total. The number of amides is 2. The standard InChI is InChI=1S/C13H10BrFN2O3/c1-7-9(4-5-20-7)12(18)16-17-13(19)10-3-2-8(15)6-11(10)14/h2-6H,1H3,(H,16,18)(H,17,19). The zero-order valence-electron chi connectivity index (χ0n) is 10.4. The number of carbonyl (C=O) groups excluding carboxylic acids is 2. The first-order valence-electron chi connectivity index (χ1n) is 5.59. The minimum absolute atomic E-state index is 0.204. The minimum Gasteiger partial charge on any atom is -0.469 e. The van der Waals surface area contributed by atoms with Crippen LogP contribution in [0.5, 0.6) is 0 Å². The van der Waals surface area contributed by atoms with Crippen LogP contribution in [0.2, 0.25) is 0 Å². The van der Waals surface area contributed by atoms with E-state index in [9.17, 15) is 14.0 Å². The molecule has 104 valence electrons. The molecule has 7 heteroatoms. The molecule has 2 aromatic rings. The van der Waals surface area contributed by atoms with E-state index in [1.54, 1.807) is 6.92 Å². The lowest BCUT2D eigenvalue weighted by Gasteiger charge is -2.08. The van der Waals surface area contributed by atoms with Crippen molar-refractivity contribution in [2.75, 3.05) is 0 Å². The average molecular weight is 341 g/mol. The maximum atomic E-state index is 12.9. The van der Waals surface area contributed by atoms with E-state index in [2.05, 4.69) is 26.8 Å². The Morgan fingerprint density at radius 3 is 2.35 bits per heavy atom. The molecule has 0 aliphatic rings. The van der Waals surface area contributed by atoms with Gasteiger partial charge in [-0.3, -0.25) is 20.4 Å². The predicted molar refractivity (Wildman–Crippen MR) is 72.5 cm³/mol. The number of benzene rings is 1. The van der Waals surface area contributed by atoms with Crippen molar-refractivity contribution in [3.8, 4) is 0 Å². The van der Waals surface area contributed by atoms with Crippen molar-refractivity contribution in [2.24, 2.45) is 0 Å². The maximum absolute atomic E-state index is 12.9. The number of carbonyl (C=O) groups is 2. The molecule has 20 heavy (non-hydrogen) atoms. The summed E-state index contributed by atoms with van der Waals surface area (Å²) in [4.78, 5) is 23.6. The van der Waals surface area contributed by atoms with Crippen LogP contribution in [0.3, 0.4) is 0 Å². The van der Waals surface area contributed by atoms with Gasteiger partial charge in [-0.2, -0.15) is 0 Å². The van der Waals surface area contributed by atoms with Crippen LogP contribution in [-0.2, 0) is 0 Å². The Morgan fingerprint density at radius 2 is 1.80 bits per heavy atom. The van der Waals surface area contributed by atoms with Crippen LogP contribution < -0.4 is 10.9 Å². The van der Waals surface area contributed by atoms with Gasteiger partial charge in [0.05, 0.1) is 17.4 Å². The fraction of sp³-hybridized carbons (Fsp3) is 0.0769. The molecule has 0 bridgehead atoms. The molecular weight excluding hydrogens is 331 g/mol. The summed E-state index contributed by atoms with van der Waals surface area (Å²) in [5.41, 5.74) is 5.02. The Labute approximate surface area is 122 Å². The molecule has 1 heterocycles. The van der Waals surface area contributed by atoms with Crippen molar-refractivity contribution in [2.45, 2.75) is 6.92 Å². The Bertz CT molecular complexity index is 669. The minimum atomic E-state index is -0.564. The molecule has 0 fully saturated rings. The molecular formula is C13H10BrFN2O3. The molecule has 0 aliphatic carbocycles. The topological polar surface area (TPSA) is 71.3 Å². The first-order valence-corrected chi connectivity index (χ1v) is 6.38. The third-order valence-corrected chi connectivity index (χ3v) is 3.22. The van der Waals surface area contributed by atoms with E-state index in [0.717, 1.165) is 12.1 Å². The van der Waals surface area contributed by atoms with Gasteiger partial charge in [0.25, 0.3) is 11.8 Å². The fourth-order valence-corrected chi connectivity index (χ4v) is 2.07. The summed E-state index contributed by atoms with van der Waals surface area (Å²) in [5, 5.41) is 0. The van der Waals surface area contributed by atoms with Crippen molar-refractivity contribution in [3.63, 3.8) is 0 Å². The predicted octanol–water partition coefficient (Wildman–Crippen LogP) is 2.56. The molecule has 0 saturated carbocycles. The van der Waals surface area contributed by atoms with Crippen LogP contribution >= 0.6 is 15.9 Å². The smallest absolute Gasteiger partial charge is 0.273 e. The van der Waals surface area contributed by atoms with Gasteiger partial charge in [-0.25, -0.2) is 4.39 Å². The van der Waals surface area contributed by atoms with Crippen LogP contribution in [0, 0.1) is 12.7 Å². The summed E-state index contributed by atoms with van der Waals surface area (Å²) in [6.45, 7) is 1.63. The van der Waals surface area contributed by atoms with Gasteiger partial charge in [0.2, 0.25) is 0 Å². The van der Waals surface area contributed by atoms with E-state index in [0.29, 0.717) is 15.8 Å². The summed E-state index contributed by atoms with van der Waals surface area (Å²) in [6.07, 6.45) is 1.38. The van der Waals surface area contributed by atoms with Crippen molar-refractivity contribution < 1.29 is 18.4 Å². The van der Waals surface area contributed by atoms with Crippen LogP contribution in [0.15, 0.2) is 39.4 Å². The molecule has 1 aromatic carbocycles. The van der Waals surface area contributed by atoms with Crippen LogP contribution in [0.25, 0.3) is 0 Å². The van der Waals surface area contributed by atoms with Gasteiger partial charge in [0.15, 0.2) is 0 Å². The lowest BCUT2D eigenvalue weighted by atomic mass is 10.2. The fourth-order valence-electron chi connectivity index (χ4n) is 1.54. The second kappa shape index (κ2) is 5.87. The SMILES string of the molecule is Cc1occc1C(=O)NNC(=O)c1ccc(F)cc1Br. The van der Waals surface area contributed by atoms with Gasteiger partial charge < -0.3 is 4.42 Å². The molecule has 0 aliphatic heterocycles. The number of hydrazine groups is 1. The summed E-state index contributed by atoms with van der Waals surface area (Å²) in [7, 11) is 0. The van der Waals surface area contributed by atoms with E-state index in [1.807, 2.05) is 0 Å². The second-order valence-electron chi connectivity index (χ2n) is 3.92. The largest absolute Gasteiger partial charge is 0.469 e. The first kappa shape index (κ1) is 14.3. The summed E-state index contributed by atoms with van der Waals surface area (Å²) in [6, 6.07) is 5.12. The zero-order chi connectivity index (χ0) is 14.7. The molecule has 2 rings (SSSR count). The van der Waals surface area contributed by atoms with E-state index < -0.39 is 17.6 Å². The first-order chi connectivity index (χ1) is 9.49. The third kappa shape index (κ3) is 3.05.